The van der Waals surface area contributed by atoms with Crippen LogP contribution >= 0.6 is 22.9 Å². The van der Waals surface area contributed by atoms with Crippen LogP contribution in [0.1, 0.15) is 16.1 Å². The molecule has 5 nitrogen and oxygen atoms in total. The lowest BCUT2D eigenvalue weighted by Crippen LogP contribution is -2.30. The van der Waals surface area contributed by atoms with Gasteiger partial charge in [0.05, 0.1) is 22.5 Å². The number of aromatic amines is 1. The summed E-state index contributed by atoms with van der Waals surface area (Å²) in [6, 6.07) is 6.73. The number of aromatic nitrogens is 3. The van der Waals surface area contributed by atoms with Crippen LogP contribution in [0.15, 0.2) is 41.1 Å². The maximum absolute atomic E-state index is 14.3. The fourth-order valence-electron chi connectivity index (χ4n) is 3.61. The van der Waals surface area contributed by atoms with E-state index < -0.39 is 0 Å². The van der Waals surface area contributed by atoms with Gasteiger partial charge in [0.15, 0.2) is 5.01 Å². The lowest BCUT2D eigenvalue weighted by molar-refractivity contribution is 0.574. The van der Waals surface area contributed by atoms with E-state index in [9.17, 15) is 4.39 Å². The molecule has 0 spiro atoms. The molecule has 1 aliphatic rings. The summed E-state index contributed by atoms with van der Waals surface area (Å²) in [4.78, 5) is 15.6. The van der Waals surface area contributed by atoms with Crippen molar-refractivity contribution >= 4 is 28.8 Å². The van der Waals surface area contributed by atoms with Crippen LogP contribution in [0.4, 0.5) is 10.2 Å². The first-order valence-electron chi connectivity index (χ1n) is 8.87. The van der Waals surface area contributed by atoms with Gasteiger partial charge in [-0.2, -0.15) is 0 Å². The third-order valence-corrected chi connectivity index (χ3v) is 6.17. The van der Waals surface area contributed by atoms with Crippen LogP contribution in [0, 0.1) is 12.7 Å². The van der Waals surface area contributed by atoms with Crippen molar-refractivity contribution in [3.63, 3.8) is 0 Å². The van der Waals surface area contributed by atoms with Crippen LogP contribution in [0.25, 0.3) is 22.2 Å². The number of hydrogen-bond acceptors (Lipinski definition) is 5. The van der Waals surface area contributed by atoms with Gasteiger partial charge in [0.1, 0.15) is 17.9 Å². The highest BCUT2D eigenvalue weighted by Crippen LogP contribution is 2.36. The van der Waals surface area contributed by atoms with Crippen LogP contribution in [-0.2, 0) is 13.0 Å². The number of aryl methyl sites for hydroxylation is 1. The van der Waals surface area contributed by atoms with Gasteiger partial charge in [0.2, 0.25) is 0 Å². The molecular formula is C20H16ClFN4OS. The normalized spacial score (nSPS) is 13.8. The molecule has 0 atom stereocenters. The molecule has 0 bridgehead atoms. The number of rotatable bonds is 3. The zero-order valence-corrected chi connectivity index (χ0v) is 16.6. The standard InChI is InChI=1S/C20H16ClFN4OS/c1-11-18(25-20(28-11)19-23-6-8-27-19)26-7-5-15-12(10-26)9-16(24-15)17-13(21)3-2-4-14(17)22/h2-4,6,8-9,24H,5,7,10H2,1H3. The van der Waals surface area contributed by atoms with Crippen molar-refractivity contribution in [1.82, 2.24) is 15.0 Å². The van der Waals surface area contributed by atoms with Gasteiger partial charge >= 0.3 is 0 Å². The first kappa shape index (κ1) is 17.5. The van der Waals surface area contributed by atoms with E-state index in [-0.39, 0.29) is 5.82 Å². The van der Waals surface area contributed by atoms with Crippen molar-refractivity contribution in [2.75, 3.05) is 11.4 Å². The van der Waals surface area contributed by atoms with Crippen molar-refractivity contribution in [2.24, 2.45) is 0 Å². The predicted molar refractivity (Wildman–Crippen MR) is 108 cm³/mol. The van der Waals surface area contributed by atoms with Gasteiger partial charge < -0.3 is 14.3 Å². The maximum atomic E-state index is 14.3. The Bertz CT molecular complexity index is 1130. The number of thiazole rings is 1. The molecule has 0 aliphatic carbocycles. The van der Waals surface area contributed by atoms with E-state index in [1.165, 1.54) is 6.07 Å². The lowest BCUT2D eigenvalue weighted by atomic mass is 10.1. The molecule has 0 amide bonds. The molecule has 0 saturated carbocycles. The number of nitrogens with zero attached hydrogens (tertiary/aromatic N) is 3. The summed E-state index contributed by atoms with van der Waals surface area (Å²) >= 11 is 7.80. The summed E-state index contributed by atoms with van der Waals surface area (Å²) in [7, 11) is 0. The molecular weight excluding hydrogens is 399 g/mol. The highest BCUT2D eigenvalue weighted by Gasteiger charge is 2.25. The monoisotopic (exact) mass is 414 g/mol. The van der Waals surface area contributed by atoms with Crippen molar-refractivity contribution in [2.45, 2.75) is 19.9 Å². The Morgan fingerprint density at radius 2 is 2.25 bits per heavy atom. The zero-order chi connectivity index (χ0) is 19.3. The molecule has 0 saturated heterocycles. The van der Waals surface area contributed by atoms with Gasteiger partial charge in [-0.15, -0.1) is 11.3 Å². The van der Waals surface area contributed by atoms with Gasteiger partial charge in [-0.25, -0.2) is 14.4 Å². The van der Waals surface area contributed by atoms with Gasteiger partial charge in [0, 0.05) is 30.1 Å². The molecule has 4 heterocycles. The Hall–Kier alpha value is -2.64. The van der Waals surface area contributed by atoms with Gasteiger partial charge in [0.25, 0.3) is 5.89 Å². The number of nitrogens with one attached hydrogen (secondary N) is 1. The molecule has 1 N–H and O–H groups in total. The van der Waals surface area contributed by atoms with Gasteiger partial charge in [-0.1, -0.05) is 17.7 Å². The first-order valence-corrected chi connectivity index (χ1v) is 10.1. The highest BCUT2D eigenvalue weighted by molar-refractivity contribution is 7.15. The Kier molecular flexibility index (Phi) is 4.21. The number of benzene rings is 1. The van der Waals surface area contributed by atoms with Crippen LogP contribution in [-0.4, -0.2) is 21.5 Å². The molecule has 1 aromatic carbocycles. The largest absolute Gasteiger partial charge is 0.443 e. The number of fused-ring (bicyclic) bond motifs is 1. The number of halogens is 2. The van der Waals surface area contributed by atoms with E-state index in [4.69, 9.17) is 21.0 Å². The van der Waals surface area contributed by atoms with Crippen LogP contribution < -0.4 is 4.90 Å². The quantitative estimate of drug-likeness (QED) is 0.483. The lowest BCUT2D eigenvalue weighted by Gasteiger charge is -2.27. The minimum absolute atomic E-state index is 0.325. The smallest absolute Gasteiger partial charge is 0.255 e. The minimum Gasteiger partial charge on any atom is -0.443 e. The molecule has 0 fully saturated rings. The van der Waals surface area contributed by atoms with Crippen LogP contribution in [0.2, 0.25) is 5.02 Å². The Morgan fingerprint density at radius 1 is 1.36 bits per heavy atom. The summed E-state index contributed by atoms with van der Waals surface area (Å²) in [5, 5.41) is 1.18. The number of hydrogen-bond donors (Lipinski definition) is 1. The van der Waals surface area contributed by atoms with Crippen LogP contribution in [0.5, 0.6) is 0 Å². The molecule has 8 heteroatoms. The number of anilines is 1. The molecule has 142 valence electrons. The maximum Gasteiger partial charge on any atom is 0.255 e. The highest BCUT2D eigenvalue weighted by atomic mass is 35.5. The van der Waals surface area contributed by atoms with Crippen molar-refractivity contribution in [3.05, 3.63) is 63.7 Å². The number of oxazole rings is 1. The summed E-state index contributed by atoms with van der Waals surface area (Å²) in [6.07, 6.45) is 3.99. The van der Waals surface area contributed by atoms with E-state index >= 15 is 0 Å². The second-order valence-corrected chi connectivity index (χ2v) is 8.30. The van der Waals surface area contributed by atoms with Crippen molar-refractivity contribution in [1.29, 1.82) is 0 Å². The van der Waals surface area contributed by atoms with E-state index in [0.717, 1.165) is 39.9 Å². The van der Waals surface area contributed by atoms with E-state index in [2.05, 4.69) is 21.8 Å². The summed E-state index contributed by atoms with van der Waals surface area (Å²) in [5.41, 5.74) is 3.38. The van der Waals surface area contributed by atoms with Gasteiger partial charge in [-0.3, -0.25) is 0 Å². The topological polar surface area (TPSA) is 58.0 Å². The van der Waals surface area contributed by atoms with E-state index in [1.54, 1.807) is 35.9 Å². The van der Waals surface area contributed by atoms with E-state index in [0.29, 0.717) is 28.7 Å². The predicted octanol–water partition coefficient (Wildman–Crippen LogP) is 5.46. The minimum atomic E-state index is -0.325. The Labute approximate surface area is 169 Å². The fourth-order valence-corrected chi connectivity index (χ4v) is 4.75. The van der Waals surface area contributed by atoms with Crippen LogP contribution in [0.3, 0.4) is 0 Å². The second-order valence-electron chi connectivity index (χ2n) is 6.69. The first-order chi connectivity index (χ1) is 13.6. The Morgan fingerprint density at radius 3 is 3.04 bits per heavy atom. The summed E-state index contributed by atoms with van der Waals surface area (Å²) in [6.45, 7) is 3.58. The number of H-pyrrole nitrogens is 1. The molecule has 0 radical (unpaired) electrons. The molecule has 1 aliphatic heterocycles. The molecule has 4 aromatic rings. The molecule has 28 heavy (non-hydrogen) atoms. The van der Waals surface area contributed by atoms with Crippen molar-refractivity contribution in [3.8, 4) is 22.2 Å². The van der Waals surface area contributed by atoms with E-state index in [1.807, 2.05) is 6.07 Å². The zero-order valence-electron chi connectivity index (χ0n) is 15.0. The molecule has 0 unspecified atom stereocenters. The second kappa shape index (κ2) is 6.76. The Balaban J connectivity index is 1.46. The SMILES string of the molecule is Cc1sc(-c2ncco2)nc1N1CCc2[nH]c(-c3c(F)cccc3Cl)cc2C1. The molecule has 5 rings (SSSR count). The van der Waals surface area contributed by atoms with Crippen molar-refractivity contribution < 1.29 is 8.81 Å². The third-order valence-electron chi connectivity index (χ3n) is 4.90. The third kappa shape index (κ3) is 2.91. The average Bonchev–Trinajstić information content (AvgIpc) is 3.40. The fraction of sp³-hybridized carbons (Fsp3) is 0.200. The molecule has 3 aromatic heterocycles. The summed E-state index contributed by atoms with van der Waals surface area (Å²) < 4.78 is 19.7. The van der Waals surface area contributed by atoms with Gasteiger partial charge in [-0.05, 0) is 30.7 Å². The average molecular weight is 415 g/mol. The summed E-state index contributed by atoms with van der Waals surface area (Å²) in [5.74, 6) is 1.15.